The summed E-state index contributed by atoms with van der Waals surface area (Å²) in [7, 11) is 0. The predicted octanol–water partition coefficient (Wildman–Crippen LogP) is 3.18. The number of benzene rings is 1. The number of nitrogens with one attached hydrogen (secondary N) is 1. The van der Waals surface area contributed by atoms with Crippen LogP contribution in [0.4, 0.5) is 0 Å². The molecule has 0 heterocycles. The van der Waals surface area contributed by atoms with Gasteiger partial charge in [0.15, 0.2) is 0 Å². The highest BCUT2D eigenvalue weighted by Gasteiger charge is 2.00. The van der Waals surface area contributed by atoms with Crippen molar-refractivity contribution in [3.8, 4) is 5.75 Å². The lowest BCUT2D eigenvalue weighted by atomic mass is 10.3. The van der Waals surface area contributed by atoms with Crippen LogP contribution in [0.15, 0.2) is 29.2 Å². The van der Waals surface area contributed by atoms with Gasteiger partial charge in [-0.15, -0.1) is 11.8 Å². The third-order valence-electron chi connectivity index (χ3n) is 2.31. The zero-order chi connectivity index (χ0) is 11.6. The van der Waals surface area contributed by atoms with Gasteiger partial charge in [0.25, 0.3) is 0 Å². The van der Waals surface area contributed by atoms with E-state index in [2.05, 4.69) is 24.6 Å². The van der Waals surface area contributed by atoms with Gasteiger partial charge in [0.2, 0.25) is 0 Å². The van der Waals surface area contributed by atoms with Gasteiger partial charge in [-0.05, 0) is 31.4 Å². The first-order chi connectivity index (χ1) is 7.88. The van der Waals surface area contributed by atoms with Crippen LogP contribution >= 0.6 is 11.8 Å². The van der Waals surface area contributed by atoms with Crippen LogP contribution in [-0.4, -0.2) is 26.0 Å². The van der Waals surface area contributed by atoms with Crippen molar-refractivity contribution in [2.24, 2.45) is 0 Å². The standard InChI is InChI=1S/C13H21NOS/c1-3-4-9-14-10-11-15-12-7-5-6-8-13(12)16-2/h5-8,14H,3-4,9-11H2,1-2H3. The number of rotatable bonds is 8. The van der Waals surface area contributed by atoms with E-state index in [1.165, 1.54) is 17.7 Å². The molecule has 0 bridgehead atoms. The lowest BCUT2D eigenvalue weighted by molar-refractivity contribution is 0.307. The van der Waals surface area contributed by atoms with E-state index in [9.17, 15) is 0 Å². The molecule has 0 amide bonds. The monoisotopic (exact) mass is 239 g/mol. The first kappa shape index (κ1) is 13.4. The quantitative estimate of drug-likeness (QED) is 0.556. The number of hydrogen-bond donors (Lipinski definition) is 1. The minimum absolute atomic E-state index is 0.737. The molecule has 1 N–H and O–H groups in total. The van der Waals surface area contributed by atoms with Crippen molar-refractivity contribution in [1.29, 1.82) is 0 Å². The maximum absolute atomic E-state index is 5.72. The summed E-state index contributed by atoms with van der Waals surface area (Å²) in [5.41, 5.74) is 0. The van der Waals surface area contributed by atoms with Crippen molar-refractivity contribution in [2.45, 2.75) is 24.7 Å². The van der Waals surface area contributed by atoms with Gasteiger partial charge in [0.05, 0.1) is 0 Å². The Labute approximate surface area is 103 Å². The molecule has 3 heteroatoms. The van der Waals surface area contributed by atoms with E-state index in [0.29, 0.717) is 0 Å². The molecule has 16 heavy (non-hydrogen) atoms. The number of ether oxygens (including phenoxy) is 1. The van der Waals surface area contributed by atoms with Crippen molar-refractivity contribution < 1.29 is 4.74 Å². The summed E-state index contributed by atoms with van der Waals surface area (Å²) in [6.07, 6.45) is 4.55. The SMILES string of the molecule is CCCCNCCOc1ccccc1SC. The zero-order valence-electron chi connectivity index (χ0n) is 10.2. The Morgan fingerprint density at radius 1 is 1.25 bits per heavy atom. The van der Waals surface area contributed by atoms with Gasteiger partial charge >= 0.3 is 0 Å². The Morgan fingerprint density at radius 2 is 2.06 bits per heavy atom. The molecule has 0 aliphatic rings. The van der Waals surface area contributed by atoms with E-state index in [0.717, 1.165) is 25.4 Å². The summed E-state index contributed by atoms with van der Waals surface area (Å²) in [4.78, 5) is 1.20. The van der Waals surface area contributed by atoms with Crippen molar-refractivity contribution in [1.82, 2.24) is 5.32 Å². The van der Waals surface area contributed by atoms with E-state index in [1.807, 2.05) is 18.2 Å². The third kappa shape index (κ3) is 4.90. The molecule has 0 spiro atoms. The van der Waals surface area contributed by atoms with E-state index in [4.69, 9.17) is 4.74 Å². The second-order valence-corrected chi connectivity index (χ2v) is 4.45. The third-order valence-corrected chi connectivity index (χ3v) is 3.09. The normalized spacial score (nSPS) is 10.4. The Bertz CT molecular complexity index is 291. The lowest BCUT2D eigenvalue weighted by Crippen LogP contribution is -2.22. The molecule has 0 atom stereocenters. The molecule has 1 aromatic rings. The van der Waals surface area contributed by atoms with E-state index in [-0.39, 0.29) is 0 Å². The van der Waals surface area contributed by atoms with Crippen LogP contribution in [0, 0.1) is 0 Å². The van der Waals surface area contributed by atoms with E-state index >= 15 is 0 Å². The molecule has 0 unspecified atom stereocenters. The van der Waals surface area contributed by atoms with Crippen LogP contribution < -0.4 is 10.1 Å². The van der Waals surface area contributed by atoms with Gasteiger partial charge in [-0.3, -0.25) is 0 Å². The van der Waals surface area contributed by atoms with Gasteiger partial charge < -0.3 is 10.1 Å². The lowest BCUT2D eigenvalue weighted by Gasteiger charge is -2.10. The van der Waals surface area contributed by atoms with Crippen LogP contribution in [0.1, 0.15) is 19.8 Å². The first-order valence-electron chi connectivity index (χ1n) is 5.85. The van der Waals surface area contributed by atoms with Crippen molar-refractivity contribution in [3.05, 3.63) is 24.3 Å². The fourth-order valence-corrected chi connectivity index (χ4v) is 1.94. The maximum Gasteiger partial charge on any atom is 0.132 e. The Kier molecular flexibility index (Phi) is 7.10. The summed E-state index contributed by atoms with van der Waals surface area (Å²) in [5.74, 6) is 0.993. The molecule has 0 saturated carbocycles. The number of hydrogen-bond acceptors (Lipinski definition) is 3. The van der Waals surface area contributed by atoms with Crippen molar-refractivity contribution in [2.75, 3.05) is 26.0 Å². The van der Waals surface area contributed by atoms with Crippen LogP contribution in [0.3, 0.4) is 0 Å². The average molecular weight is 239 g/mol. The smallest absolute Gasteiger partial charge is 0.132 e. The largest absolute Gasteiger partial charge is 0.491 e. The molecule has 0 fully saturated rings. The van der Waals surface area contributed by atoms with Gasteiger partial charge in [-0.2, -0.15) is 0 Å². The molecule has 0 saturated heterocycles. The molecule has 0 aromatic heterocycles. The summed E-state index contributed by atoms with van der Waals surface area (Å²) in [6, 6.07) is 8.17. The molecule has 1 aromatic carbocycles. The van der Waals surface area contributed by atoms with Crippen molar-refractivity contribution >= 4 is 11.8 Å². The van der Waals surface area contributed by atoms with Gasteiger partial charge in [-0.1, -0.05) is 25.5 Å². The molecule has 90 valence electrons. The van der Waals surface area contributed by atoms with Crippen LogP contribution in [-0.2, 0) is 0 Å². The summed E-state index contributed by atoms with van der Waals surface area (Å²) in [6.45, 7) is 4.95. The summed E-state index contributed by atoms with van der Waals surface area (Å²) >= 11 is 1.72. The van der Waals surface area contributed by atoms with Crippen LogP contribution in [0.5, 0.6) is 5.75 Å². The highest BCUT2D eigenvalue weighted by molar-refractivity contribution is 7.98. The Hall–Kier alpha value is -0.670. The summed E-state index contributed by atoms with van der Waals surface area (Å²) < 4.78 is 5.72. The highest BCUT2D eigenvalue weighted by atomic mass is 32.2. The molecular weight excluding hydrogens is 218 g/mol. The van der Waals surface area contributed by atoms with E-state index < -0.39 is 0 Å². The Balaban J connectivity index is 2.21. The maximum atomic E-state index is 5.72. The average Bonchev–Trinajstić information content (AvgIpc) is 2.34. The van der Waals surface area contributed by atoms with Crippen LogP contribution in [0.25, 0.3) is 0 Å². The molecule has 1 rings (SSSR count). The molecular formula is C13H21NOS. The van der Waals surface area contributed by atoms with Crippen LogP contribution in [0.2, 0.25) is 0 Å². The molecule has 0 aliphatic carbocycles. The topological polar surface area (TPSA) is 21.3 Å². The number of para-hydroxylation sites is 1. The molecule has 0 aliphatic heterocycles. The highest BCUT2D eigenvalue weighted by Crippen LogP contribution is 2.26. The second-order valence-electron chi connectivity index (χ2n) is 3.60. The van der Waals surface area contributed by atoms with Gasteiger partial charge in [0, 0.05) is 11.4 Å². The number of thioether (sulfide) groups is 1. The van der Waals surface area contributed by atoms with E-state index in [1.54, 1.807) is 11.8 Å². The minimum atomic E-state index is 0.737. The predicted molar refractivity (Wildman–Crippen MR) is 71.5 cm³/mol. The fourth-order valence-electron chi connectivity index (χ4n) is 1.40. The first-order valence-corrected chi connectivity index (χ1v) is 7.07. The minimum Gasteiger partial charge on any atom is -0.491 e. The van der Waals surface area contributed by atoms with Gasteiger partial charge in [-0.25, -0.2) is 0 Å². The summed E-state index contributed by atoms with van der Waals surface area (Å²) in [5, 5.41) is 3.36. The van der Waals surface area contributed by atoms with Gasteiger partial charge in [0.1, 0.15) is 12.4 Å². The second kappa shape index (κ2) is 8.48. The Morgan fingerprint density at radius 3 is 2.81 bits per heavy atom. The zero-order valence-corrected chi connectivity index (χ0v) is 11.0. The van der Waals surface area contributed by atoms with Crippen molar-refractivity contribution in [3.63, 3.8) is 0 Å². The number of unbranched alkanes of at least 4 members (excludes halogenated alkanes) is 1. The molecule has 2 nitrogen and oxygen atoms in total. The molecule has 0 radical (unpaired) electrons. The fraction of sp³-hybridized carbons (Fsp3) is 0.538.